The van der Waals surface area contributed by atoms with Crippen molar-refractivity contribution in [1.82, 2.24) is 0 Å². The molecule has 0 saturated heterocycles. The van der Waals surface area contributed by atoms with Crippen LogP contribution in [-0.2, 0) is 0 Å². The van der Waals surface area contributed by atoms with Crippen LogP contribution in [0.25, 0.3) is 0 Å². The summed E-state index contributed by atoms with van der Waals surface area (Å²) < 4.78 is 0. The molecule has 0 saturated carbocycles. The summed E-state index contributed by atoms with van der Waals surface area (Å²) in [6.45, 7) is 9.40. The fourth-order valence-electron chi connectivity index (χ4n) is 3.30. The standard InChI is InChI=1S/C20H42/c1-5-9-11-12-14-16-20(8-4)18-17-19(7-3)15-13-10-6-2/h19-20H,5-18H2,1-4H3. The predicted octanol–water partition coefficient (Wildman–Crippen LogP) is 7.76. The van der Waals surface area contributed by atoms with Gasteiger partial charge in [0.2, 0.25) is 0 Å². The zero-order chi connectivity index (χ0) is 15.1. The minimum absolute atomic E-state index is 1.01. The number of unbranched alkanes of at least 4 members (excludes halogenated alkanes) is 6. The van der Waals surface area contributed by atoms with E-state index in [1.54, 1.807) is 0 Å². The van der Waals surface area contributed by atoms with Gasteiger partial charge in [0.25, 0.3) is 0 Å². The van der Waals surface area contributed by atoms with E-state index in [-0.39, 0.29) is 0 Å². The van der Waals surface area contributed by atoms with E-state index in [1.165, 1.54) is 89.9 Å². The molecule has 2 unspecified atom stereocenters. The van der Waals surface area contributed by atoms with Gasteiger partial charge in [-0.25, -0.2) is 0 Å². The maximum Gasteiger partial charge on any atom is -0.0417 e. The molecule has 20 heavy (non-hydrogen) atoms. The van der Waals surface area contributed by atoms with Crippen LogP contribution in [0.1, 0.15) is 118 Å². The highest BCUT2D eigenvalue weighted by Gasteiger charge is 2.11. The van der Waals surface area contributed by atoms with Crippen LogP contribution in [0.4, 0.5) is 0 Å². The Labute approximate surface area is 130 Å². The zero-order valence-corrected chi connectivity index (χ0v) is 15.1. The maximum atomic E-state index is 2.40. The van der Waals surface area contributed by atoms with Gasteiger partial charge in [-0.2, -0.15) is 0 Å². The fourth-order valence-corrected chi connectivity index (χ4v) is 3.30. The molecule has 0 radical (unpaired) electrons. The van der Waals surface area contributed by atoms with Crippen LogP contribution >= 0.6 is 0 Å². The molecule has 2 atom stereocenters. The lowest BCUT2D eigenvalue weighted by atomic mass is 9.87. The van der Waals surface area contributed by atoms with Gasteiger partial charge in [-0.3, -0.25) is 0 Å². The lowest BCUT2D eigenvalue weighted by Gasteiger charge is -2.19. The van der Waals surface area contributed by atoms with E-state index in [2.05, 4.69) is 27.7 Å². The summed E-state index contributed by atoms with van der Waals surface area (Å²) >= 11 is 0. The molecule has 0 fully saturated rings. The summed E-state index contributed by atoms with van der Waals surface area (Å²) in [6, 6.07) is 0. The summed E-state index contributed by atoms with van der Waals surface area (Å²) in [4.78, 5) is 0. The Kier molecular flexibility index (Phi) is 15.4. The molecule has 0 aromatic heterocycles. The van der Waals surface area contributed by atoms with E-state index in [9.17, 15) is 0 Å². The van der Waals surface area contributed by atoms with Crippen molar-refractivity contribution in [2.24, 2.45) is 11.8 Å². The molecule has 0 N–H and O–H groups in total. The van der Waals surface area contributed by atoms with Crippen molar-refractivity contribution >= 4 is 0 Å². The van der Waals surface area contributed by atoms with E-state index >= 15 is 0 Å². The van der Waals surface area contributed by atoms with Gasteiger partial charge in [0, 0.05) is 0 Å². The first-order valence-corrected chi connectivity index (χ1v) is 9.78. The predicted molar refractivity (Wildman–Crippen MR) is 94.3 cm³/mol. The molecule has 0 rings (SSSR count). The van der Waals surface area contributed by atoms with E-state index in [1.807, 2.05) is 0 Å². The Bertz CT molecular complexity index is 173. The summed E-state index contributed by atoms with van der Waals surface area (Å²) in [6.07, 6.45) is 20.2. The van der Waals surface area contributed by atoms with E-state index < -0.39 is 0 Å². The molecule has 0 aliphatic carbocycles. The first-order chi connectivity index (χ1) is 9.78. The lowest BCUT2D eigenvalue weighted by Crippen LogP contribution is -2.05. The molecule has 0 aromatic carbocycles. The fraction of sp³-hybridized carbons (Fsp3) is 1.00. The highest BCUT2D eigenvalue weighted by molar-refractivity contribution is 4.64. The third-order valence-corrected chi connectivity index (χ3v) is 5.07. The van der Waals surface area contributed by atoms with Crippen LogP contribution in [0.2, 0.25) is 0 Å². The van der Waals surface area contributed by atoms with Gasteiger partial charge in [0.05, 0.1) is 0 Å². The van der Waals surface area contributed by atoms with Crippen molar-refractivity contribution in [1.29, 1.82) is 0 Å². The maximum absolute atomic E-state index is 2.40. The van der Waals surface area contributed by atoms with Crippen molar-refractivity contribution < 1.29 is 0 Å². The number of rotatable bonds is 15. The lowest BCUT2D eigenvalue weighted by molar-refractivity contribution is 0.334. The van der Waals surface area contributed by atoms with Crippen LogP contribution in [-0.4, -0.2) is 0 Å². The number of hydrogen-bond donors (Lipinski definition) is 0. The summed E-state index contributed by atoms with van der Waals surface area (Å²) in [5.41, 5.74) is 0. The van der Waals surface area contributed by atoms with Gasteiger partial charge in [-0.15, -0.1) is 0 Å². The molecule has 122 valence electrons. The van der Waals surface area contributed by atoms with Crippen molar-refractivity contribution in [3.05, 3.63) is 0 Å². The molecule has 0 amide bonds. The second kappa shape index (κ2) is 15.4. The van der Waals surface area contributed by atoms with Gasteiger partial charge in [0.1, 0.15) is 0 Å². The Morgan fingerprint density at radius 3 is 1.30 bits per heavy atom. The minimum atomic E-state index is 1.01. The van der Waals surface area contributed by atoms with Gasteiger partial charge in [-0.1, -0.05) is 118 Å². The van der Waals surface area contributed by atoms with Crippen LogP contribution in [0.3, 0.4) is 0 Å². The summed E-state index contributed by atoms with van der Waals surface area (Å²) in [5, 5.41) is 0. The molecule has 0 spiro atoms. The van der Waals surface area contributed by atoms with Crippen LogP contribution in [0.15, 0.2) is 0 Å². The van der Waals surface area contributed by atoms with Crippen molar-refractivity contribution in [3.63, 3.8) is 0 Å². The molecule has 0 aliphatic heterocycles. The molecule has 0 aliphatic rings. The van der Waals surface area contributed by atoms with Crippen molar-refractivity contribution in [2.45, 2.75) is 118 Å². The number of hydrogen-bond acceptors (Lipinski definition) is 0. The molecular formula is C20H42. The monoisotopic (exact) mass is 282 g/mol. The second-order valence-electron chi connectivity index (χ2n) is 6.82. The topological polar surface area (TPSA) is 0 Å². The summed E-state index contributed by atoms with van der Waals surface area (Å²) in [7, 11) is 0. The smallest absolute Gasteiger partial charge is 0.0417 e. The van der Waals surface area contributed by atoms with Crippen LogP contribution < -0.4 is 0 Å². The summed E-state index contributed by atoms with van der Waals surface area (Å²) in [5.74, 6) is 2.02. The normalized spacial score (nSPS) is 14.4. The molecule has 0 aromatic rings. The van der Waals surface area contributed by atoms with Gasteiger partial charge in [0.15, 0.2) is 0 Å². The van der Waals surface area contributed by atoms with E-state index in [0.717, 1.165) is 11.8 Å². The molecular weight excluding hydrogens is 240 g/mol. The Morgan fingerprint density at radius 1 is 0.450 bits per heavy atom. The quantitative estimate of drug-likeness (QED) is 0.269. The average Bonchev–Trinajstić information content (AvgIpc) is 2.48. The van der Waals surface area contributed by atoms with Gasteiger partial charge < -0.3 is 0 Å². The van der Waals surface area contributed by atoms with Crippen molar-refractivity contribution in [2.75, 3.05) is 0 Å². The molecule has 0 heterocycles. The first-order valence-electron chi connectivity index (χ1n) is 9.78. The average molecular weight is 283 g/mol. The first kappa shape index (κ1) is 20.0. The van der Waals surface area contributed by atoms with Crippen molar-refractivity contribution in [3.8, 4) is 0 Å². The van der Waals surface area contributed by atoms with Crippen LogP contribution in [0.5, 0.6) is 0 Å². The van der Waals surface area contributed by atoms with E-state index in [4.69, 9.17) is 0 Å². The largest absolute Gasteiger partial charge is 0.0654 e. The van der Waals surface area contributed by atoms with Gasteiger partial charge >= 0.3 is 0 Å². The Hall–Kier alpha value is 0. The highest BCUT2D eigenvalue weighted by atomic mass is 14.2. The Morgan fingerprint density at radius 2 is 0.850 bits per heavy atom. The zero-order valence-electron chi connectivity index (χ0n) is 15.1. The van der Waals surface area contributed by atoms with Crippen LogP contribution in [0, 0.1) is 11.8 Å². The van der Waals surface area contributed by atoms with E-state index in [0.29, 0.717) is 0 Å². The third-order valence-electron chi connectivity index (χ3n) is 5.07. The van der Waals surface area contributed by atoms with Gasteiger partial charge in [-0.05, 0) is 11.8 Å². The minimum Gasteiger partial charge on any atom is -0.0654 e. The molecule has 0 nitrogen and oxygen atoms in total. The second-order valence-corrected chi connectivity index (χ2v) is 6.82. The third kappa shape index (κ3) is 11.8. The molecule has 0 bridgehead atoms. The molecule has 0 heteroatoms. The SMILES string of the molecule is CCCCCCCC(CC)CCC(CC)CCCCC. The Balaban J connectivity index is 3.68. The highest BCUT2D eigenvalue weighted by Crippen LogP contribution is 2.26.